The number of carbonyl (C=O) groups is 1. The molecule has 3 heterocycles. The molecule has 1 aromatic carbocycles. The predicted octanol–water partition coefficient (Wildman–Crippen LogP) is 3.10. The van der Waals surface area contributed by atoms with Gasteiger partial charge in [-0.05, 0) is 62.8 Å². The van der Waals surface area contributed by atoms with Gasteiger partial charge in [0.1, 0.15) is 0 Å². The third-order valence-corrected chi connectivity index (χ3v) is 9.05. The second-order valence-corrected chi connectivity index (χ2v) is 11.4. The first-order chi connectivity index (χ1) is 15.4. The first kappa shape index (κ1) is 23.3. The van der Waals surface area contributed by atoms with Gasteiger partial charge in [0, 0.05) is 38.3 Å². The maximum Gasteiger partial charge on any atom is 0.243 e. The molecule has 0 unspecified atom stereocenters. The molecule has 0 saturated carbocycles. The summed E-state index contributed by atoms with van der Waals surface area (Å²) in [4.78, 5) is 14.9. The zero-order valence-electron chi connectivity index (χ0n) is 18.7. The molecule has 4 rings (SSSR count). The van der Waals surface area contributed by atoms with Gasteiger partial charge >= 0.3 is 0 Å². The highest BCUT2D eigenvalue weighted by molar-refractivity contribution is 7.99. The molecule has 2 aromatic rings. The first-order valence-corrected chi connectivity index (χ1v) is 13.8. The Kier molecular flexibility index (Phi) is 7.21. The summed E-state index contributed by atoms with van der Waals surface area (Å²) in [5.41, 5.74) is 0.808. The van der Waals surface area contributed by atoms with Gasteiger partial charge < -0.3 is 9.47 Å². The Labute approximate surface area is 194 Å². The summed E-state index contributed by atoms with van der Waals surface area (Å²) in [6, 6.07) is 6.86. The van der Waals surface area contributed by atoms with Crippen LogP contribution in [0.2, 0.25) is 0 Å². The average Bonchev–Trinajstić information content (AvgIpc) is 3.48. The van der Waals surface area contributed by atoms with Gasteiger partial charge in [-0.3, -0.25) is 4.79 Å². The zero-order valence-corrected chi connectivity index (χ0v) is 20.4. The van der Waals surface area contributed by atoms with E-state index in [1.807, 2.05) is 16.4 Å². The van der Waals surface area contributed by atoms with Crippen molar-refractivity contribution in [3.63, 3.8) is 0 Å². The Balaban J connectivity index is 1.46. The second kappa shape index (κ2) is 9.93. The molecule has 2 fully saturated rings. The molecule has 174 valence electrons. The van der Waals surface area contributed by atoms with Gasteiger partial charge in [0.25, 0.3) is 0 Å². The van der Waals surface area contributed by atoms with Gasteiger partial charge in [-0.2, -0.15) is 4.31 Å². The van der Waals surface area contributed by atoms with Crippen LogP contribution in [0.25, 0.3) is 11.4 Å². The summed E-state index contributed by atoms with van der Waals surface area (Å²) < 4.78 is 29.0. The molecule has 10 heteroatoms. The monoisotopic (exact) mass is 477 g/mol. The van der Waals surface area contributed by atoms with Crippen molar-refractivity contribution in [1.29, 1.82) is 0 Å². The molecule has 1 atom stereocenters. The Bertz CT molecular complexity index is 1050. The van der Waals surface area contributed by atoms with Crippen molar-refractivity contribution in [2.45, 2.75) is 56.1 Å². The molecule has 32 heavy (non-hydrogen) atoms. The predicted molar refractivity (Wildman–Crippen MR) is 125 cm³/mol. The fourth-order valence-corrected chi connectivity index (χ4v) is 6.80. The minimum absolute atomic E-state index is 0.144. The van der Waals surface area contributed by atoms with Crippen molar-refractivity contribution >= 4 is 27.7 Å². The van der Waals surface area contributed by atoms with Crippen LogP contribution in [0.15, 0.2) is 34.3 Å². The van der Waals surface area contributed by atoms with Crippen LogP contribution in [0.1, 0.15) is 39.5 Å². The van der Waals surface area contributed by atoms with E-state index in [1.54, 1.807) is 28.6 Å². The number of rotatable bonds is 7. The van der Waals surface area contributed by atoms with Crippen molar-refractivity contribution in [2.75, 3.05) is 31.9 Å². The highest BCUT2D eigenvalue weighted by atomic mass is 32.2. The average molecular weight is 478 g/mol. The van der Waals surface area contributed by atoms with Crippen molar-refractivity contribution < 1.29 is 13.2 Å². The van der Waals surface area contributed by atoms with Gasteiger partial charge in [0.15, 0.2) is 11.0 Å². The van der Waals surface area contributed by atoms with E-state index in [-0.39, 0.29) is 5.91 Å². The molecule has 8 nitrogen and oxygen atoms in total. The van der Waals surface area contributed by atoms with E-state index in [2.05, 4.69) is 17.1 Å². The first-order valence-electron chi connectivity index (χ1n) is 11.3. The van der Waals surface area contributed by atoms with Crippen LogP contribution < -0.4 is 0 Å². The number of nitrogens with zero attached hydrogens (tertiary/aromatic N) is 5. The van der Waals surface area contributed by atoms with Crippen molar-refractivity contribution in [3.8, 4) is 11.4 Å². The minimum Gasteiger partial charge on any atom is -0.342 e. The van der Waals surface area contributed by atoms with Crippen LogP contribution in [-0.4, -0.2) is 70.2 Å². The Hall–Kier alpha value is -1.91. The SMILES string of the molecule is CCn1c(SCC(=O)N2CCC[C@H](C)C2)nnc1-c1ccc(S(=O)(=O)N2CCCC2)cc1. The lowest BCUT2D eigenvalue weighted by atomic mass is 10.0. The van der Waals surface area contributed by atoms with Gasteiger partial charge in [0.05, 0.1) is 10.6 Å². The molecule has 0 spiro atoms. The maximum atomic E-state index is 12.8. The quantitative estimate of drug-likeness (QED) is 0.570. The number of hydrogen-bond acceptors (Lipinski definition) is 6. The molecule has 0 radical (unpaired) electrons. The second-order valence-electron chi connectivity index (χ2n) is 8.56. The number of sulfonamides is 1. The summed E-state index contributed by atoms with van der Waals surface area (Å²) in [6.45, 7) is 7.70. The molecule has 1 aromatic heterocycles. The van der Waals surface area contributed by atoms with Crippen LogP contribution in [0, 0.1) is 5.92 Å². The van der Waals surface area contributed by atoms with E-state index in [9.17, 15) is 13.2 Å². The van der Waals surface area contributed by atoms with Crippen molar-refractivity contribution in [3.05, 3.63) is 24.3 Å². The Morgan fingerprint density at radius 2 is 1.81 bits per heavy atom. The largest absolute Gasteiger partial charge is 0.342 e. The van der Waals surface area contributed by atoms with E-state index in [4.69, 9.17) is 0 Å². The summed E-state index contributed by atoms with van der Waals surface area (Å²) in [5, 5.41) is 9.35. The molecular formula is C22H31N5O3S2. The number of aromatic nitrogens is 3. The summed E-state index contributed by atoms with van der Waals surface area (Å²) in [7, 11) is -3.44. The number of likely N-dealkylation sites (tertiary alicyclic amines) is 1. The van der Waals surface area contributed by atoms with Crippen LogP contribution in [0.4, 0.5) is 0 Å². The minimum atomic E-state index is -3.44. The third kappa shape index (κ3) is 4.87. The van der Waals surface area contributed by atoms with E-state index >= 15 is 0 Å². The maximum absolute atomic E-state index is 12.8. The van der Waals surface area contributed by atoms with E-state index in [0.29, 0.717) is 47.2 Å². The van der Waals surface area contributed by atoms with Crippen molar-refractivity contribution in [1.82, 2.24) is 24.0 Å². The summed E-state index contributed by atoms with van der Waals surface area (Å²) in [5.74, 6) is 1.72. The lowest BCUT2D eigenvalue weighted by Gasteiger charge is -2.30. The fraction of sp³-hybridized carbons (Fsp3) is 0.591. The number of piperidine rings is 1. The molecule has 0 bridgehead atoms. The Morgan fingerprint density at radius 3 is 2.47 bits per heavy atom. The molecular weight excluding hydrogens is 446 g/mol. The molecule has 2 saturated heterocycles. The number of amides is 1. The highest BCUT2D eigenvalue weighted by Gasteiger charge is 2.27. The lowest BCUT2D eigenvalue weighted by molar-refractivity contribution is -0.130. The van der Waals surface area contributed by atoms with Gasteiger partial charge in [-0.1, -0.05) is 18.7 Å². The number of hydrogen-bond donors (Lipinski definition) is 0. The van der Waals surface area contributed by atoms with E-state index in [0.717, 1.165) is 37.9 Å². The fourth-order valence-electron chi connectivity index (χ4n) is 4.38. The topological polar surface area (TPSA) is 88.4 Å². The van der Waals surface area contributed by atoms with Crippen molar-refractivity contribution in [2.24, 2.45) is 5.92 Å². The number of carbonyl (C=O) groups excluding carboxylic acids is 1. The van der Waals surface area contributed by atoms with Gasteiger partial charge in [0.2, 0.25) is 15.9 Å². The molecule has 1 amide bonds. The van der Waals surface area contributed by atoms with Crippen LogP contribution in [0.3, 0.4) is 0 Å². The zero-order chi connectivity index (χ0) is 22.7. The summed E-state index contributed by atoms with van der Waals surface area (Å²) in [6.07, 6.45) is 4.08. The van der Waals surface area contributed by atoms with Gasteiger partial charge in [-0.15, -0.1) is 10.2 Å². The third-order valence-electron chi connectivity index (χ3n) is 6.18. The van der Waals surface area contributed by atoms with Crippen LogP contribution in [-0.2, 0) is 21.4 Å². The van der Waals surface area contributed by atoms with Gasteiger partial charge in [-0.25, -0.2) is 8.42 Å². The molecule has 2 aliphatic rings. The van der Waals surface area contributed by atoms with Crippen LogP contribution in [0.5, 0.6) is 0 Å². The normalized spacial score (nSPS) is 20.1. The Morgan fingerprint density at radius 1 is 1.09 bits per heavy atom. The van der Waals surface area contributed by atoms with E-state index < -0.39 is 10.0 Å². The smallest absolute Gasteiger partial charge is 0.243 e. The lowest BCUT2D eigenvalue weighted by Crippen LogP contribution is -2.40. The standard InChI is InChI=1S/C22H31N5O3S2/c1-3-27-21(18-8-10-19(11-9-18)32(29,30)26-13-4-5-14-26)23-24-22(27)31-16-20(28)25-12-6-7-17(2)15-25/h8-11,17H,3-7,12-16H2,1-2H3/t17-/m0/s1. The molecule has 0 N–H and O–H groups in total. The molecule has 2 aliphatic heterocycles. The summed E-state index contributed by atoms with van der Waals surface area (Å²) >= 11 is 1.41. The van der Waals surface area contributed by atoms with E-state index in [1.165, 1.54) is 18.2 Å². The number of thioether (sulfide) groups is 1. The van der Waals surface area contributed by atoms with Crippen LogP contribution >= 0.6 is 11.8 Å². The number of benzene rings is 1. The highest BCUT2D eigenvalue weighted by Crippen LogP contribution is 2.27. The molecule has 0 aliphatic carbocycles.